The van der Waals surface area contributed by atoms with Gasteiger partial charge in [-0.1, -0.05) is 25.3 Å². The summed E-state index contributed by atoms with van der Waals surface area (Å²) in [4.78, 5) is 0. The van der Waals surface area contributed by atoms with E-state index < -0.39 is 17.1 Å². The molecule has 4 unspecified atom stereocenters. The summed E-state index contributed by atoms with van der Waals surface area (Å²) in [6.45, 7) is 4.41. The zero-order valence-corrected chi connectivity index (χ0v) is 19.3. The summed E-state index contributed by atoms with van der Waals surface area (Å²) in [5, 5.41) is 27.4. The Morgan fingerprint density at radius 3 is 2.70 bits per heavy atom. The quantitative estimate of drug-likeness (QED) is 0.633. The SMILES string of the molecule is C#C[C@]1(O)CCC2C3CCC4=Cc5c(cnn5-c5ccc(F)cc5)C[C@]4(C)C3C(O)C[C@@]21C. The van der Waals surface area contributed by atoms with Gasteiger partial charge in [0.25, 0.3) is 0 Å². The van der Waals surface area contributed by atoms with Crippen LogP contribution in [-0.4, -0.2) is 31.7 Å². The number of aliphatic hydroxyl groups is 2. The van der Waals surface area contributed by atoms with Crippen LogP contribution in [0, 0.1) is 46.7 Å². The van der Waals surface area contributed by atoms with Gasteiger partial charge < -0.3 is 10.2 Å². The number of rotatable bonds is 1. The Bertz CT molecular complexity index is 1190. The van der Waals surface area contributed by atoms with Gasteiger partial charge in [0.1, 0.15) is 11.4 Å². The van der Waals surface area contributed by atoms with Gasteiger partial charge in [0, 0.05) is 5.41 Å². The molecule has 0 aliphatic heterocycles. The third-order valence-corrected chi connectivity index (χ3v) is 9.89. The second kappa shape index (κ2) is 6.81. The Hall–Kier alpha value is -2.42. The van der Waals surface area contributed by atoms with Crippen molar-refractivity contribution in [1.82, 2.24) is 9.78 Å². The lowest BCUT2D eigenvalue weighted by Crippen LogP contribution is -2.59. The van der Waals surface area contributed by atoms with Crippen LogP contribution in [0.1, 0.15) is 57.2 Å². The maximum absolute atomic E-state index is 13.4. The monoisotopic (exact) mass is 446 g/mol. The number of halogens is 1. The molecule has 33 heavy (non-hydrogen) atoms. The molecule has 0 spiro atoms. The average molecular weight is 447 g/mol. The maximum atomic E-state index is 13.4. The second-order valence-electron chi connectivity index (χ2n) is 11.3. The number of aromatic nitrogens is 2. The topological polar surface area (TPSA) is 58.3 Å². The fourth-order valence-corrected chi connectivity index (χ4v) is 8.21. The Balaban J connectivity index is 1.39. The van der Waals surface area contributed by atoms with Crippen molar-refractivity contribution in [2.75, 3.05) is 0 Å². The number of hydrogen-bond donors (Lipinski definition) is 2. The largest absolute Gasteiger partial charge is 0.393 e. The Kier molecular flexibility index (Phi) is 4.36. The smallest absolute Gasteiger partial charge is 0.130 e. The first-order valence-corrected chi connectivity index (χ1v) is 12.1. The summed E-state index contributed by atoms with van der Waals surface area (Å²) in [6.07, 6.45) is 14.4. The highest BCUT2D eigenvalue weighted by Gasteiger charge is 2.66. The van der Waals surface area contributed by atoms with E-state index in [0.717, 1.165) is 37.1 Å². The van der Waals surface area contributed by atoms with Gasteiger partial charge >= 0.3 is 0 Å². The van der Waals surface area contributed by atoms with Gasteiger partial charge in [-0.25, -0.2) is 9.07 Å². The molecular weight excluding hydrogens is 415 g/mol. The van der Waals surface area contributed by atoms with Gasteiger partial charge in [-0.2, -0.15) is 5.10 Å². The summed E-state index contributed by atoms with van der Waals surface area (Å²) >= 11 is 0. The average Bonchev–Trinajstić information content (AvgIpc) is 3.30. The van der Waals surface area contributed by atoms with E-state index in [1.807, 2.05) is 10.9 Å². The maximum Gasteiger partial charge on any atom is 0.130 e. The minimum absolute atomic E-state index is 0.137. The molecule has 6 rings (SSSR count). The van der Waals surface area contributed by atoms with Crippen LogP contribution in [0.2, 0.25) is 0 Å². The molecule has 0 saturated heterocycles. The van der Waals surface area contributed by atoms with E-state index >= 15 is 0 Å². The molecule has 2 aromatic rings. The van der Waals surface area contributed by atoms with Gasteiger partial charge in [-0.15, -0.1) is 6.42 Å². The Morgan fingerprint density at radius 1 is 1.21 bits per heavy atom. The molecule has 1 aromatic heterocycles. The van der Waals surface area contributed by atoms with Crippen molar-refractivity contribution in [3.8, 4) is 18.0 Å². The molecule has 0 radical (unpaired) electrons. The molecule has 172 valence electrons. The third-order valence-electron chi connectivity index (χ3n) is 9.89. The summed E-state index contributed by atoms with van der Waals surface area (Å²) in [5.74, 6) is 3.25. The Labute approximate surface area is 194 Å². The van der Waals surface area contributed by atoms with Gasteiger partial charge in [0.2, 0.25) is 0 Å². The number of hydrogen-bond acceptors (Lipinski definition) is 3. The fraction of sp³-hybridized carbons (Fsp3) is 0.536. The summed E-state index contributed by atoms with van der Waals surface area (Å²) in [6, 6.07) is 6.43. The molecule has 4 nitrogen and oxygen atoms in total. The summed E-state index contributed by atoms with van der Waals surface area (Å²) < 4.78 is 15.3. The van der Waals surface area contributed by atoms with Crippen molar-refractivity contribution >= 4 is 6.08 Å². The van der Waals surface area contributed by atoms with Crippen molar-refractivity contribution in [3.05, 3.63) is 53.1 Å². The van der Waals surface area contributed by atoms with E-state index in [-0.39, 0.29) is 17.2 Å². The third kappa shape index (κ3) is 2.68. The molecule has 7 atom stereocenters. The van der Waals surface area contributed by atoms with Crippen molar-refractivity contribution in [2.45, 2.75) is 64.1 Å². The lowest BCUT2D eigenvalue weighted by atomic mass is 9.45. The minimum atomic E-state index is -1.13. The first-order chi connectivity index (χ1) is 15.7. The molecule has 4 aliphatic carbocycles. The van der Waals surface area contributed by atoms with E-state index in [4.69, 9.17) is 6.42 Å². The van der Waals surface area contributed by atoms with Crippen LogP contribution in [-0.2, 0) is 6.42 Å². The van der Waals surface area contributed by atoms with Crippen LogP contribution in [0.15, 0.2) is 36.0 Å². The van der Waals surface area contributed by atoms with Gasteiger partial charge in [-0.3, -0.25) is 0 Å². The van der Waals surface area contributed by atoms with Crippen molar-refractivity contribution in [3.63, 3.8) is 0 Å². The molecule has 1 aromatic carbocycles. The number of allylic oxidation sites excluding steroid dienone is 1. The number of terminal acetylenes is 1. The molecule has 2 N–H and O–H groups in total. The molecule has 5 heteroatoms. The van der Waals surface area contributed by atoms with Crippen LogP contribution in [0.3, 0.4) is 0 Å². The molecule has 4 aliphatic rings. The first-order valence-electron chi connectivity index (χ1n) is 12.1. The normalized spacial score (nSPS) is 41.3. The lowest BCUT2D eigenvalue weighted by molar-refractivity contribution is -0.152. The number of fused-ring (bicyclic) bond motifs is 6. The zero-order valence-electron chi connectivity index (χ0n) is 19.3. The van der Waals surface area contributed by atoms with Crippen molar-refractivity contribution in [1.29, 1.82) is 0 Å². The number of benzene rings is 1. The Morgan fingerprint density at radius 2 is 1.97 bits per heavy atom. The van der Waals surface area contributed by atoms with E-state index in [1.165, 1.54) is 23.3 Å². The predicted octanol–water partition coefficient (Wildman–Crippen LogP) is 4.53. The molecule has 0 bridgehead atoms. The highest BCUT2D eigenvalue weighted by Crippen LogP contribution is 2.67. The summed E-state index contributed by atoms with van der Waals surface area (Å²) in [7, 11) is 0. The van der Waals surface area contributed by atoms with E-state index in [9.17, 15) is 14.6 Å². The van der Waals surface area contributed by atoms with E-state index in [1.54, 1.807) is 12.1 Å². The molecule has 3 fully saturated rings. The van der Waals surface area contributed by atoms with Gasteiger partial charge in [-0.05, 0) is 97.6 Å². The first kappa shape index (κ1) is 21.1. The van der Waals surface area contributed by atoms with Crippen LogP contribution < -0.4 is 0 Å². The van der Waals surface area contributed by atoms with Crippen LogP contribution in [0.5, 0.6) is 0 Å². The van der Waals surface area contributed by atoms with Crippen molar-refractivity contribution in [2.24, 2.45) is 28.6 Å². The molecule has 1 heterocycles. The van der Waals surface area contributed by atoms with Crippen molar-refractivity contribution < 1.29 is 14.6 Å². The van der Waals surface area contributed by atoms with Gasteiger partial charge in [0.05, 0.1) is 23.7 Å². The van der Waals surface area contributed by atoms with Gasteiger partial charge in [0.15, 0.2) is 0 Å². The van der Waals surface area contributed by atoms with Crippen LogP contribution in [0.4, 0.5) is 4.39 Å². The van der Waals surface area contributed by atoms with Crippen LogP contribution in [0.25, 0.3) is 11.8 Å². The van der Waals surface area contributed by atoms with E-state index in [0.29, 0.717) is 24.7 Å². The number of nitrogens with zero attached hydrogens (tertiary/aromatic N) is 2. The molecule has 3 saturated carbocycles. The highest BCUT2D eigenvalue weighted by atomic mass is 19.1. The fourth-order valence-electron chi connectivity index (χ4n) is 8.21. The number of aliphatic hydroxyl groups excluding tert-OH is 1. The lowest BCUT2D eigenvalue weighted by Gasteiger charge is -2.60. The zero-order chi connectivity index (χ0) is 23.2. The standard InChI is InChI=1S/C28H31FN2O2/c1-4-28(33)12-11-22-21-10-5-18-13-23-17(16-30-31(23)20-8-6-19(29)7-9-20)14-26(18,2)25(21)24(32)15-27(22,28)3/h1,6-9,13,16,21-22,24-25,32-33H,5,10-12,14-15H2,2-3H3/t21?,22?,24?,25?,26-,27-,28-/m0/s1. The second-order valence-corrected chi connectivity index (χ2v) is 11.3. The van der Waals surface area contributed by atoms with E-state index in [2.05, 4.69) is 30.9 Å². The minimum Gasteiger partial charge on any atom is -0.393 e. The highest BCUT2D eigenvalue weighted by molar-refractivity contribution is 5.61. The summed E-state index contributed by atoms with van der Waals surface area (Å²) in [5.41, 5.74) is 2.73. The van der Waals surface area contributed by atoms with Crippen LogP contribution >= 0.6 is 0 Å². The predicted molar refractivity (Wildman–Crippen MR) is 125 cm³/mol. The molecule has 0 amide bonds. The molecular formula is C28H31FN2O2.